The number of hydrogen-bond donors (Lipinski definition) is 1. The standard InChI is InChI=1S/C21H21ClN2O3/c1-13-7-8-17(14(2)11-13)18-19(23(3)9-10-25)21(27)24(20(18)26)16-6-4-5-15(22)12-16/h4-8,11-12,25H,9-10H2,1-3H3. The zero-order valence-electron chi connectivity index (χ0n) is 15.5. The third-order valence-corrected chi connectivity index (χ3v) is 4.83. The van der Waals surface area contributed by atoms with Crippen LogP contribution in [0.15, 0.2) is 48.2 Å². The van der Waals surface area contributed by atoms with E-state index >= 15 is 0 Å². The van der Waals surface area contributed by atoms with Crippen LogP contribution in [0.3, 0.4) is 0 Å². The van der Waals surface area contributed by atoms with Gasteiger partial charge in [0.05, 0.1) is 17.9 Å². The molecule has 1 heterocycles. The zero-order chi connectivity index (χ0) is 19.7. The Morgan fingerprint density at radius 2 is 1.81 bits per heavy atom. The summed E-state index contributed by atoms with van der Waals surface area (Å²) < 4.78 is 0. The van der Waals surface area contributed by atoms with E-state index in [9.17, 15) is 14.7 Å². The molecule has 2 aromatic carbocycles. The molecule has 0 saturated carbocycles. The number of aliphatic hydroxyl groups is 1. The van der Waals surface area contributed by atoms with Crippen LogP contribution < -0.4 is 4.90 Å². The van der Waals surface area contributed by atoms with Gasteiger partial charge >= 0.3 is 0 Å². The molecule has 2 aromatic rings. The van der Waals surface area contributed by atoms with Crippen LogP contribution in [0.4, 0.5) is 5.69 Å². The molecule has 0 aliphatic carbocycles. The van der Waals surface area contributed by atoms with Gasteiger partial charge in [0.15, 0.2) is 0 Å². The molecule has 0 atom stereocenters. The van der Waals surface area contributed by atoms with Gasteiger partial charge in [0.1, 0.15) is 5.70 Å². The van der Waals surface area contributed by atoms with Crippen molar-refractivity contribution in [2.24, 2.45) is 0 Å². The van der Waals surface area contributed by atoms with Crippen LogP contribution in [0.1, 0.15) is 16.7 Å². The minimum atomic E-state index is -0.423. The van der Waals surface area contributed by atoms with Crippen molar-refractivity contribution < 1.29 is 14.7 Å². The summed E-state index contributed by atoms with van der Waals surface area (Å²) in [5.74, 6) is -0.817. The molecule has 1 N–H and O–H groups in total. The Hall–Kier alpha value is -2.63. The maximum Gasteiger partial charge on any atom is 0.282 e. The number of carbonyl (C=O) groups is 2. The maximum atomic E-state index is 13.3. The Balaban J connectivity index is 2.18. The average Bonchev–Trinajstić information content (AvgIpc) is 2.86. The second-order valence-electron chi connectivity index (χ2n) is 6.61. The predicted octanol–water partition coefficient (Wildman–Crippen LogP) is 3.17. The number of rotatable bonds is 5. The second-order valence-corrected chi connectivity index (χ2v) is 7.05. The van der Waals surface area contributed by atoms with Gasteiger partial charge in [-0.05, 0) is 43.2 Å². The zero-order valence-corrected chi connectivity index (χ0v) is 16.2. The van der Waals surface area contributed by atoms with Crippen LogP contribution >= 0.6 is 11.6 Å². The number of hydrogen-bond acceptors (Lipinski definition) is 4. The lowest BCUT2D eigenvalue weighted by molar-refractivity contribution is -0.120. The summed E-state index contributed by atoms with van der Waals surface area (Å²) in [6, 6.07) is 12.4. The Kier molecular flexibility index (Phi) is 5.35. The summed E-state index contributed by atoms with van der Waals surface area (Å²) >= 11 is 6.06. The van der Waals surface area contributed by atoms with Gasteiger partial charge in [-0.25, -0.2) is 4.90 Å². The molecule has 0 radical (unpaired) electrons. The molecule has 0 spiro atoms. The van der Waals surface area contributed by atoms with Crippen LogP contribution in [-0.4, -0.2) is 42.0 Å². The van der Waals surface area contributed by atoms with Crippen molar-refractivity contribution in [1.82, 2.24) is 4.90 Å². The van der Waals surface area contributed by atoms with Gasteiger partial charge in [-0.3, -0.25) is 9.59 Å². The first-order valence-corrected chi connectivity index (χ1v) is 9.01. The lowest BCUT2D eigenvalue weighted by Crippen LogP contribution is -2.34. The number of aliphatic hydroxyl groups excluding tert-OH is 1. The number of amides is 2. The fraction of sp³-hybridized carbons (Fsp3) is 0.238. The highest BCUT2D eigenvalue weighted by Crippen LogP contribution is 2.36. The average molecular weight is 385 g/mol. The van der Waals surface area contributed by atoms with Crippen molar-refractivity contribution in [1.29, 1.82) is 0 Å². The Morgan fingerprint density at radius 1 is 1.07 bits per heavy atom. The molecular weight excluding hydrogens is 364 g/mol. The van der Waals surface area contributed by atoms with E-state index in [1.807, 2.05) is 32.0 Å². The normalized spacial score (nSPS) is 14.3. The summed E-state index contributed by atoms with van der Waals surface area (Å²) in [4.78, 5) is 29.3. The highest BCUT2D eigenvalue weighted by atomic mass is 35.5. The predicted molar refractivity (Wildman–Crippen MR) is 106 cm³/mol. The van der Waals surface area contributed by atoms with Gasteiger partial charge in [0.2, 0.25) is 0 Å². The second kappa shape index (κ2) is 7.55. The SMILES string of the molecule is Cc1ccc(C2=C(N(C)CCO)C(=O)N(c3cccc(Cl)c3)C2=O)c(C)c1. The van der Waals surface area contributed by atoms with E-state index in [-0.39, 0.29) is 18.8 Å². The summed E-state index contributed by atoms with van der Waals surface area (Å²) in [6.45, 7) is 4.01. The largest absolute Gasteiger partial charge is 0.395 e. The van der Waals surface area contributed by atoms with Crippen molar-refractivity contribution in [2.45, 2.75) is 13.8 Å². The van der Waals surface area contributed by atoms with Crippen molar-refractivity contribution in [3.63, 3.8) is 0 Å². The van der Waals surface area contributed by atoms with E-state index in [4.69, 9.17) is 11.6 Å². The summed E-state index contributed by atoms with van der Waals surface area (Å²) in [7, 11) is 1.70. The Labute approximate surface area is 163 Å². The van der Waals surface area contributed by atoms with Crippen LogP contribution in [0.25, 0.3) is 5.57 Å². The molecular formula is C21H21ClN2O3. The molecule has 0 bridgehead atoms. The molecule has 3 rings (SSSR count). The highest BCUT2D eigenvalue weighted by molar-refractivity contribution is 6.45. The summed E-state index contributed by atoms with van der Waals surface area (Å²) in [5, 5.41) is 9.77. The number of likely N-dealkylation sites (N-methyl/N-ethyl adjacent to an activating group) is 1. The fourth-order valence-corrected chi connectivity index (χ4v) is 3.51. The number of aryl methyl sites for hydroxylation is 2. The van der Waals surface area contributed by atoms with Crippen molar-refractivity contribution in [3.8, 4) is 0 Å². The van der Waals surface area contributed by atoms with E-state index in [1.54, 1.807) is 36.2 Å². The molecule has 27 heavy (non-hydrogen) atoms. The molecule has 140 valence electrons. The smallest absolute Gasteiger partial charge is 0.282 e. The fourth-order valence-electron chi connectivity index (χ4n) is 3.32. The minimum absolute atomic E-state index is 0.126. The molecule has 5 nitrogen and oxygen atoms in total. The third kappa shape index (κ3) is 3.48. The van der Waals surface area contributed by atoms with Crippen LogP contribution in [0.5, 0.6) is 0 Å². The number of halogens is 1. The molecule has 0 saturated heterocycles. The summed E-state index contributed by atoms with van der Waals surface area (Å²) in [6.07, 6.45) is 0. The van der Waals surface area contributed by atoms with Gasteiger partial charge in [-0.2, -0.15) is 0 Å². The monoisotopic (exact) mass is 384 g/mol. The van der Waals surface area contributed by atoms with Crippen LogP contribution in [0.2, 0.25) is 5.02 Å². The van der Waals surface area contributed by atoms with E-state index in [2.05, 4.69) is 0 Å². The molecule has 0 aromatic heterocycles. The van der Waals surface area contributed by atoms with E-state index in [0.717, 1.165) is 16.0 Å². The number of anilines is 1. The van der Waals surface area contributed by atoms with E-state index in [1.165, 1.54) is 0 Å². The van der Waals surface area contributed by atoms with Gasteiger partial charge in [-0.15, -0.1) is 0 Å². The molecule has 6 heteroatoms. The van der Waals surface area contributed by atoms with Crippen molar-refractivity contribution >= 4 is 34.7 Å². The molecule has 1 aliphatic rings. The number of carbonyl (C=O) groups excluding carboxylic acids is 2. The first-order chi connectivity index (χ1) is 12.8. The maximum absolute atomic E-state index is 13.3. The number of benzene rings is 2. The molecule has 1 aliphatic heterocycles. The minimum Gasteiger partial charge on any atom is -0.395 e. The molecule has 2 amide bonds. The highest BCUT2D eigenvalue weighted by Gasteiger charge is 2.42. The molecule has 0 unspecified atom stereocenters. The first-order valence-electron chi connectivity index (χ1n) is 8.63. The Bertz CT molecular complexity index is 952. The number of nitrogens with zero attached hydrogens (tertiary/aromatic N) is 2. The first kappa shape index (κ1) is 19.1. The lowest BCUT2D eigenvalue weighted by Gasteiger charge is -2.20. The number of imide groups is 1. The van der Waals surface area contributed by atoms with Gasteiger partial charge in [0, 0.05) is 18.6 Å². The van der Waals surface area contributed by atoms with E-state index < -0.39 is 11.8 Å². The van der Waals surface area contributed by atoms with E-state index in [0.29, 0.717) is 21.8 Å². The lowest BCUT2D eigenvalue weighted by atomic mass is 9.97. The van der Waals surface area contributed by atoms with Crippen molar-refractivity contribution in [2.75, 3.05) is 25.1 Å². The topological polar surface area (TPSA) is 60.9 Å². The van der Waals surface area contributed by atoms with Gasteiger partial charge < -0.3 is 10.0 Å². The van der Waals surface area contributed by atoms with Crippen LogP contribution in [-0.2, 0) is 9.59 Å². The molecule has 0 fully saturated rings. The van der Waals surface area contributed by atoms with Crippen molar-refractivity contribution in [3.05, 3.63) is 69.9 Å². The van der Waals surface area contributed by atoms with Crippen LogP contribution in [0, 0.1) is 13.8 Å². The van der Waals surface area contributed by atoms with Gasteiger partial charge in [0.25, 0.3) is 11.8 Å². The third-order valence-electron chi connectivity index (χ3n) is 4.59. The quantitative estimate of drug-likeness (QED) is 0.804. The van der Waals surface area contributed by atoms with Gasteiger partial charge in [-0.1, -0.05) is 41.4 Å². The Morgan fingerprint density at radius 3 is 2.44 bits per heavy atom. The summed E-state index contributed by atoms with van der Waals surface area (Å²) in [5.41, 5.74) is 3.74.